The van der Waals surface area contributed by atoms with Crippen molar-refractivity contribution in [3.8, 4) is 0 Å². The lowest BCUT2D eigenvalue weighted by atomic mass is 10.3. The topological polar surface area (TPSA) is 51.0 Å². The Labute approximate surface area is 116 Å². The van der Waals surface area contributed by atoms with E-state index < -0.39 is 0 Å². The number of nitrogens with one attached hydrogen (secondary N) is 1. The largest absolute Gasteiger partial charge is 0.408 e. The number of nitrogens with zero attached hydrogens (tertiary/aromatic N) is 2. The van der Waals surface area contributed by atoms with Crippen LogP contribution in [0, 0.1) is 0 Å². The lowest BCUT2D eigenvalue weighted by molar-refractivity contribution is 0.516. The van der Waals surface area contributed by atoms with Gasteiger partial charge in [-0.2, -0.15) is 0 Å². The van der Waals surface area contributed by atoms with Crippen LogP contribution in [-0.4, -0.2) is 16.1 Å². The van der Waals surface area contributed by atoms with Crippen LogP contribution in [0.1, 0.15) is 5.89 Å². The van der Waals surface area contributed by atoms with Gasteiger partial charge in [-0.3, -0.25) is 0 Å². The minimum Gasteiger partial charge on any atom is -0.408 e. The van der Waals surface area contributed by atoms with E-state index >= 15 is 0 Å². The number of halogens is 3. The summed E-state index contributed by atoms with van der Waals surface area (Å²) in [5.74, 6) is 0.955. The number of hydrogen-bond donors (Lipinski definition) is 1. The first kappa shape index (κ1) is 12.7. The summed E-state index contributed by atoms with van der Waals surface area (Å²) in [6, 6.07) is 5.77. The molecule has 0 atom stereocenters. The monoisotopic (exact) mass is 335 g/mol. The third-order valence-corrected chi connectivity index (χ3v) is 3.37. The van der Waals surface area contributed by atoms with Crippen LogP contribution in [0.5, 0.6) is 0 Å². The number of rotatable bonds is 4. The minimum atomic E-state index is 0.323. The second kappa shape index (κ2) is 5.71. The molecule has 90 valence electrons. The first-order valence-corrected chi connectivity index (χ1v) is 6.50. The fraction of sp³-hybridized carbons (Fsp3) is 0.200. The fourth-order valence-corrected chi connectivity index (χ4v) is 1.77. The first-order valence-electron chi connectivity index (χ1n) is 4.79. The van der Waals surface area contributed by atoms with E-state index in [0.717, 1.165) is 10.2 Å². The Balaban J connectivity index is 2.11. The van der Waals surface area contributed by atoms with Gasteiger partial charge in [0.25, 0.3) is 0 Å². The molecule has 1 heterocycles. The summed E-state index contributed by atoms with van der Waals surface area (Å²) in [5, 5.41) is 11.2. The van der Waals surface area contributed by atoms with Crippen molar-refractivity contribution in [3.05, 3.63) is 33.6 Å². The molecule has 2 aromatic rings. The highest BCUT2D eigenvalue weighted by molar-refractivity contribution is 9.10. The first-order chi connectivity index (χ1) is 8.19. The van der Waals surface area contributed by atoms with Gasteiger partial charge in [-0.05, 0) is 34.1 Å². The Kier molecular flexibility index (Phi) is 4.25. The molecule has 4 nitrogen and oxygen atoms in total. The Morgan fingerprint density at radius 2 is 2.18 bits per heavy atom. The molecule has 1 aromatic heterocycles. The van der Waals surface area contributed by atoms with E-state index in [4.69, 9.17) is 27.6 Å². The van der Waals surface area contributed by atoms with Crippen LogP contribution >= 0.6 is 39.1 Å². The van der Waals surface area contributed by atoms with Crippen molar-refractivity contribution in [2.75, 3.05) is 11.2 Å². The molecule has 0 fully saturated rings. The molecule has 0 aliphatic heterocycles. The SMILES string of the molecule is ClCCc1nnc(Nc2ccc(Br)c(Cl)c2)o1. The van der Waals surface area contributed by atoms with Gasteiger partial charge in [-0.1, -0.05) is 16.7 Å². The molecule has 0 saturated heterocycles. The zero-order chi connectivity index (χ0) is 12.3. The maximum absolute atomic E-state index is 5.96. The third-order valence-electron chi connectivity index (χ3n) is 1.95. The van der Waals surface area contributed by atoms with Gasteiger partial charge in [-0.25, -0.2) is 0 Å². The maximum Gasteiger partial charge on any atom is 0.320 e. The number of alkyl halides is 1. The van der Waals surface area contributed by atoms with Gasteiger partial charge < -0.3 is 9.73 Å². The molecule has 2 rings (SSSR count). The number of benzene rings is 1. The number of aryl methyl sites for hydroxylation is 1. The quantitative estimate of drug-likeness (QED) is 0.857. The summed E-state index contributed by atoms with van der Waals surface area (Å²) in [4.78, 5) is 0. The van der Waals surface area contributed by atoms with Crippen molar-refractivity contribution in [1.82, 2.24) is 10.2 Å². The van der Waals surface area contributed by atoms with Gasteiger partial charge in [0, 0.05) is 22.5 Å². The fourth-order valence-electron chi connectivity index (χ4n) is 1.18. The highest BCUT2D eigenvalue weighted by atomic mass is 79.9. The molecule has 0 aliphatic carbocycles. The van der Waals surface area contributed by atoms with Crippen molar-refractivity contribution in [2.45, 2.75) is 6.42 Å². The van der Waals surface area contributed by atoms with E-state index in [1.54, 1.807) is 6.07 Å². The molecular weight excluding hydrogens is 329 g/mol. The molecule has 0 radical (unpaired) electrons. The van der Waals surface area contributed by atoms with E-state index in [1.165, 1.54) is 0 Å². The predicted molar refractivity (Wildman–Crippen MR) is 71.2 cm³/mol. The minimum absolute atomic E-state index is 0.323. The number of anilines is 2. The summed E-state index contributed by atoms with van der Waals surface area (Å²) in [5.41, 5.74) is 0.777. The van der Waals surface area contributed by atoms with Gasteiger partial charge >= 0.3 is 6.01 Å². The van der Waals surface area contributed by atoms with E-state index in [0.29, 0.717) is 29.2 Å². The Morgan fingerprint density at radius 1 is 1.35 bits per heavy atom. The summed E-state index contributed by atoms with van der Waals surface area (Å²) in [6.07, 6.45) is 0.553. The van der Waals surface area contributed by atoms with E-state index in [2.05, 4.69) is 31.4 Å². The summed E-state index contributed by atoms with van der Waals surface area (Å²) in [7, 11) is 0. The van der Waals surface area contributed by atoms with Crippen molar-refractivity contribution in [3.63, 3.8) is 0 Å². The Bertz CT molecular complexity index is 518. The van der Waals surface area contributed by atoms with Crippen LogP contribution < -0.4 is 5.32 Å². The summed E-state index contributed by atoms with van der Waals surface area (Å²) in [6.45, 7) is 0. The molecule has 1 aromatic carbocycles. The zero-order valence-corrected chi connectivity index (χ0v) is 11.7. The van der Waals surface area contributed by atoms with Gasteiger partial charge in [-0.15, -0.1) is 16.7 Å². The predicted octanol–water partition coefficient (Wildman–Crippen LogP) is 4.01. The van der Waals surface area contributed by atoms with Crippen molar-refractivity contribution < 1.29 is 4.42 Å². The molecule has 0 spiro atoms. The molecule has 0 unspecified atom stereocenters. The average Bonchev–Trinajstić information content (AvgIpc) is 2.72. The summed E-state index contributed by atoms with van der Waals surface area (Å²) >= 11 is 14.9. The van der Waals surface area contributed by atoms with Crippen molar-refractivity contribution in [2.24, 2.45) is 0 Å². The molecule has 17 heavy (non-hydrogen) atoms. The summed E-state index contributed by atoms with van der Waals surface area (Å²) < 4.78 is 6.16. The van der Waals surface area contributed by atoms with Crippen LogP contribution in [-0.2, 0) is 6.42 Å². The maximum atomic E-state index is 5.96. The molecular formula is C10H8BrCl2N3O. The lowest BCUT2D eigenvalue weighted by Crippen LogP contribution is -1.90. The molecule has 7 heteroatoms. The molecule has 0 saturated carbocycles. The van der Waals surface area contributed by atoms with Crippen molar-refractivity contribution >= 4 is 50.8 Å². The number of hydrogen-bond acceptors (Lipinski definition) is 4. The lowest BCUT2D eigenvalue weighted by Gasteiger charge is -2.02. The Morgan fingerprint density at radius 3 is 2.88 bits per heavy atom. The second-order valence-corrected chi connectivity index (χ2v) is 4.83. The molecule has 0 amide bonds. The van der Waals surface area contributed by atoms with Gasteiger partial charge in [0.1, 0.15) is 0 Å². The van der Waals surface area contributed by atoms with Crippen molar-refractivity contribution in [1.29, 1.82) is 0 Å². The van der Waals surface area contributed by atoms with Crippen LogP contribution in [0.2, 0.25) is 5.02 Å². The van der Waals surface area contributed by atoms with E-state index in [9.17, 15) is 0 Å². The molecule has 0 bridgehead atoms. The van der Waals surface area contributed by atoms with Crippen LogP contribution in [0.4, 0.5) is 11.7 Å². The highest BCUT2D eigenvalue weighted by Crippen LogP contribution is 2.26. The van der Waals surface area contributed by atoms with Gasteiger partial charge in [0.2, 0.25) is 5.89 Å². The standard InChI is InChI=1S/C10H8BrCl2N3O/c11-7-2-1-6(5-8(7)13)14-10-16-15-9(17-10)3-4-12/h1-2,5H,3-4H2,(H,14,16). The normalized spacial score (nSPS) is 10.5. The van der Waals surface area contributed by atoms with Crippen LogP contribution in [0.3, 0.4) is 0 Å². The van der Waals surface area contributed by atoms with E-state index in [1.807, 2.05) is 12.1 Å². The zero-order valence-electron chi connectivity index (χ0n) is 8.58. The van der Waals surface area contributed by atoms with Gasteiger partial charge in [0.15, 0.2) is 0 Å². The van der Waals surface area contributed by atoms with Crippen LogP contribution in [0.25, 0.3) is 0 Å². The van der Waals surface area contributed by atoms with Crippen LogP contribution in [0.15, 0.2) is 27.1 Å². The number of aromatic nitrogens is 2. The molecule has 0 aliphatic rings. The smallest absolute Gasteiger partial charge is 0.320 e. The van der Waals surface area contributed by atoms with E-state index in [-0.39, 0.29) is 0 Å². The highest BCUT2D eigenvalue weighted by Gasteiger charge is 2.06. The molecule has 1 N–H and O–H groups in total. The second-order valence-electron chi connectivity index (χ2n) is 3.19. The van der Waals surface area contributed by atoms with Gasteiger partial charge in [0.05, 0.1) is 5.02 Å². The Hall–Kier alpha value is -0.780. The average molecular weight is 337 g/mol. The third kappa shape index (κ3) is 3.34.